The van der Waals surface area contributed by atoms with Crippen molar-refractivity contribution in [2.24, 2.45) is 5.84 Å². The van der Waals surface area contributed by atoms with E-state index in [0.717, 1.165) is 5.75 Å². The van der Waals surface area contributed by atoms with E-state index in [4.69, 9.17) is 10.6 Å². The van der Waals surface area contributed by atoms with Gasteiger partial charge in [-0.2, -0.15) is 0 Å². The quantitative estimate of drug-likeness (QED) is 0.575. The summed E-state index contributed by atoms with van der Waals surface area (Å²) in [5.74, 6) is 6.68. The third kappa shape index (κ3) is 3.53. The molecule has 0 saturated carbocycles. The van der Waals surface area contributed by atoms with Crippen LogP contribution in [0.15, 0.2) is 24.3 Å². The van der Waals surface area contributed by atoms with Gasteiger partial charge in [0, 0.05) is 6.54 Å². The van der Waals surface area contributed by atoms with Gasteiger partial charge in [-0.3, -0.25) is 11.3 Å². The highest BCUT2D eigenvalue weighted by Gasteiger charge is 2.09. The summed E-state index contributed by atoms with van der Waals surface area (Å²) in [4.78, 5) is 0. The van der Waals surface area contributed by atoms with Gasteiger partial charge in [-0.25, -0.2) is 0 Å². The second-order valence-corrected chi connectivity index (χ2v) is 4.03. The maximum atomic E-state index is 5.80. The van der Waals surface area contributed by atoms with Gasteiger partial charge in [0.15, 0.2) is 0 Å². The molecule has 0 fully saturated rings. The lowest BCUT2D eigenvalue weighted by Gasteiger charge is -2.18. The number of nitrogens with two attached hydrogens (primary N) is 1. The molecule has 0 amide bonds. The monoisotopic (exact) mass is 208 g/mol. The van der Waals surface area contributed by atoms with Crippen LogP contribution < -0.4 is 16.0 Å². The van der Waals surface area contributed by atoms with E-state index in [9.17, 15) is 0 Å². The normalized spacial score (nSPS) is 12.9. The lowest BCUT2D eigenvalue weighted by atomic mass is 10.0. The van der Waals surface area contributed by atoms with Gasteiger partial charge < -0.3 is 4.74 Å². The van der Waals surface area contributed by atoms with Crippen LogP contribution in [0.2, 0.25) is 0 Å². The SMILES string of the molecule is CC(CNN)Oc1ccccc1C(C)C. The smallest absolute Gasteiger partial charge is 0.123 e. The van der Waals surface area contributed by atoms with E-state index in [1.807, 2.05) is 25.1 Å². The van der Waals surface area contributed by atoms with E-state index in [1.54, 1.807) is 0 Å². The minimum absolute atomic E-state index is 0.0786. The lowest BCUT2D eigenvalue weighted by Crippen LogP contribution is -2.33. The molecule has 1 aromatic rings. The zero-order valence-corrected chi connectivity index (χ0v) is 9.66. The van der Waals surface area contributed by atoms with Crippen LogP contribution in [0.3, 0.4) is 0 Å². The van der Waals surface area contributed by atoms with Crippen molar-refractivity contribution in [1.82, 2.24) is 5.43 Å². The summed E-state index contributed by atoms with van der Waals surface area (Å²) in [5, 5.41) is 0. The van der Waals surface area contributed by atoms with Crippen molar-refractivity contribution >= 4 is 0 Å². The predicted molar refractivity (Wildman–Crippen MR) is 62.8 cm³/mol. The van der Waals surface area contributed by atoms with Crippen LogP contribution in [0.5, 0.6) is 5.75 Å². The van der Waals surface area contributed by atoms with Crippen molar-refractivity contribution in [1.29, 1.82) is 0 Å². The van der Waals surface area contributed by atoms with E-state index < -0.39 is 0 Å². The van der Waals surface area contributed by atoms with Gasteiger partial charge in [0.1, 0.15) is 11.9 Å². The van der Waals surface area contributed by atoms with Gasteiger partial charge >= 0.3 is 0 Å². The minimum atomic E-state index is 0.0786. The molecule has 0 heterocycles. The Morgan fingerprint density at radius 2 is 1.93 bits per heavy atom. The molecule has 0 aliphatic rings. The Morgan fingerprint density at radius 1 is 1.27 bits per heavy atom. The molecular weight excluding hydrogens is 188 g/mol. The largest absolute Gasteiger partial charge is 0.489 e. The Bertz CT molecular complexity index is 299. The zero-order valence-electron chi connectivity index (χ0n) is 9.66. The van der Waals surface area contributed by atoms with Crippen molar-refractivity contribution in [3.05, 3.63) is 29.8 Å². The molecule has 0 aromatic heterocycles. The number of hydrazine groups is 1. The van der Waals surface area contributed by atoms with E-state index >= 15 is 0 Å². The number of para-hydroxylation sites is 1. The Hall–Kier alpha value is -1.06. The van der Waals surface area contributed by atoms with Crippen LogP contribution in [0, 0.1) is 0 Å². The van der Waals surface area contributed by atoms with E-state index in [0.29, 0.717) is 12.5 Å². The van der Waals surface area contributed by atoms with Crippen molar-refractivity contribution in [3.63, 3.8) is 0 Å². The number of hydrogen-bond acceptors (Lipinski definition) is 3. The summed E-state index contributed by atoms with van der Waals surface area (Å²) < 4.78 is 5.80. The molecule has 0 spiro atoms. The average Bonchev–Trinajstić information content (AvgIpc) is 2.18. The molecular formula is C12H20N2O. The Morgan fingerprint density at radius 3 is 2.53 bits per heavy atom. The first-order valence-corrected chi connectivity index (χ1v) is 5.34. The van der Waals surface area contributed by atoms with E-state index in [-0.39, 0.29) is 6.10 Å². The highest BCUT2D eigenvalue weighted by atomic mass is 16.5. The molecule has 1 rings (SSSR count). The van der Waals surface area contributed by atoms with Crippen LogP contribution in [-0.2, 0) is 0 Å². The summed E-state index contributed by atoms with van der Waals surface area (Å²) in [5.41, 5.74) is 3.85. The first-order chi connectivity index (χ1) is 7.15. The molecule has 3 N–H and O–H groups in total. The fraction of sp³-hybridized carbons (Fsp3) is 0.500. The molecule has 1 unspecified atom stereocenters. The second kappa shape index (κ2) is 5.73. The van der Waals surface area contributed by atoms with Crippen LogP contribution in [0.1, 0.15) is 32.3 Å². The van der Waals surface area contributed by atoms with Gasteiger partial charge in [0.2, 0.25) is 0 Å². The maximum absolute atomic E-state index is 5.80. The second-order valence-electron chi connectivity index (χ2n) is 4.03. The standard InChI is InChI=1S/C12H20N2O/c1-9(2)11-6-4-5-7-12(11)15-10(3)8-14-13/h4-7,9-10,14H,8,13H2,1-3H3. The third-order valence-corrected chi connectivity index (χ3v) is 2.27. The first kappa shape index (κ1) is 12.0. The molecule has 84 valence electrons. The van der Waals surface area contributed by atoms with Gasteiger partial charge in [-0.1, -0.05) is 32.0 Å². The number of rotatable bonds is 5. The van der Waals surface area contributed by atoms with Gasteiger partial charge in [0.25, 0.3) is 0 Å². The number of benzene rings is 1. The molecule has 0 aliphatic carbocycles. The van der Waals surface area contributed by atoms with Crippen LogP contribution in [-0.4, -0.2) is 12.6 Å². The van der Waals surface area contributed by atoms with Crippen molar-refractivity contribution in [2.45, 2.75) is 32.8 Å². The molecule has 0 bridgehead atoms. The van der Waals surface area contributed by atoms with E-state index in [2.05, 4.69) is 25.3 Å². The molecule has 15 heavy (non-hydrogen) atoms. The predicted octanol–water partition coefficient (Wildman–Crippen LogP) is 2.04. The average molecular weight is 208 g/mol. The van der Waals surface area contributed by atoms with Crippen molar-refractivity contribution in [2.75, 3.05) is 6.54 Å². The maximum Gasteiger partial charge on any atom is 0.123 e. The van der Waals surface area contributed by atoms with Gasteiger partial charge in [0.05, 0.1) is 0 Å². The molecule has 0 aliphatic heterocycles. The topological polar surface area (TPSA) is 47.3 Å². The van der Waals surface area contributed by atoms with Crippen LogP contribution in [0.25, 0.3) is 0 Å². The lowest BCUT2D eigenvalue weighted by molar-refractivity contribution is 0.215. The number of nitrogens with one attached hydrogen (secondary N) is 1. The number of hydrogen-bond donors (Lipinski definition) is 2. The highest BCUT2D eigenvalue weighted by Crippen LogP contribution is 2.26. The van der Waals surface area contributed by atoms with Crippen LogP contribution in [0.4, 0.5) is 0 Å². The fourth-order valence-electron chi connectivity index (χ4n) is 1.49. The Kier molecular flexibility index (Phi) is 4.59. The number of ether oxygens (including phenoxy) is 1. The molecule has 1 atom stereocenters. The van der Waals surface area contributed by atoms with Crippen molar-refractivity contribution < 1.29 is 4.74 Å². The molecule has 0 saturated heterocycles. The summed E-state index contributed by atoms with van der Waals surface area (Å²) >= 11 is 0. The summed E-state index contributed by atoms with van der Waals surface area (Å²) in [6.07, 6.45) is 0.0786. The Labute approximate surface area is 91.6 Å². The zero-order chi connectivity index (χ0) is 11.3. The highest BCUT2D eigenvalue weighted by molar-refractivity contribution is 5.35. The van der Waals surface area contributed by atoms with Gasteiger partial charge in [-0.15, -0.1) is 0 Å². The summed E-state index contributed by atoms with van der Waals surface area (Å²) in [7, 11) is 0. The summed E-state index contributed by atoms with van der Waals surface area (Å²) in [6, 6.07) is 8.13. The van der Waals surface area contributed by atoms with E-state index in [1.165, 1.54) is 5.56 Å². The Balaban J connectivity index is 2.75. The molecule has 1 aromatic carbocycles. The molecule has 3 heteroatoms. The van der Waals surface area contributed by atoms with Gasteiger partial charge in [-0.05, 0) is 24.5 Å². The first-order valence-electron chi connectivity index (χ1n) is 5.34. The minimum Gasteiger partial charge on any atom is -0.489 e. The summed E-state index contributed by atoms with van der Waals surface area (Å²) in [6.45, 7) is 6.96. The van der Waals surface area contributed by atoms with Crippen LogP contribution >= 0.6 is 0 Å². The fourth-order valence-corrected chi connectivity index (χ4v) is 1.49. The molecule has 3 nitrogen and oxygen atoms in total. The van der Waals surface area contributed by atoms with Crippen molar-refractivity contribution in [3.8, 4) is 5.75 Å². The molecule has 0 radical (unpaired) electrons. The third-order valence-electron chi connectivity index (χ3n) is 2.27.